The fourth-order valence-corrected chi connectivity index (χ4v) is 9.03. The molecule has 1 aliphatic heterocycles. The van der Waals surface area contributed by atoms with Crippen LogP contribution in [0.15, 0.2) is 55.0 Å². The van der Waals surface area contributed by atoms with Crippen molar-refractivity contribution in [3.8, 4) is 34.5 Å². The predicted molar refractivity (Wildman–Crippen MR) is 246 cm³/mol. The number of aromatic nitrogens is 9. The summed E-state index contributed by atoms with van der Waals surface area (Å²) >= 11 is 0. The maximum atomic E-state index is 17.3. The number of carbonyl (C=O) groups excluding carboxylic acids is 2. The molecular formula is C47H52F2N12O5. The smallest absolute Gasteiger partial charge is 0.248 e. The monoisotopic (exact) mass is 902 g/mol. The van der Waals surface area contributed by atoms with E-state index in [0.717, 1.165) is 36.6 Å². The molecule has 9 rings (SSSR count). The zero-order valence-corrected chi connectivity index (χ0v) is 37.6. The first-order chi connectivity index (χ1) is 31.9. The molecule has 2 unspecified atom stereocenters. The zero-order chi connectivity index (χ0) is 46.4. The Bertz CT molecular complexity index is 3150. The summed E-state index contributed by atoms with van der Waals surface area (Å²) in [5.74, 6) is -0.156. The van der Waals surface area contributed by atoms with Crippen LogP contribution in [0.2, 0.25) is 0 Å². The summed E-state index contributed by atoms with van der Waals surface area (Å²) in [4.78, 5) is 46.9. The van der Waals surface area contributed by atoms with Gasteiger partial charge in [-0.1, -0.05) is 0 Å². The van der Waals surface area contributed by atoms with E-state index < -0.39 is 37.2 Å². The molecule has 0 radical (unpaired) electrons. The Morgan fingerprint density at radius 3 is 1.91 bits per heavy atom. The van der Waals surface area contributed by atoms with E-state index in [1.165, 1.54) is 19.2 Å². The summed E-state index contributed by atoms with van der Waals surface area (Å²) < 4.78 is 59.2. The topological polar surface area (TPSA) is 201 Å². The van der Waals surface area contributed by atoms with Crippen LogP contribution in [-0.4, -0.2) is 119 Å². The number of amides is 2. The number of benzene rings is 2. The lowest BCUT2D eigenvalue weighted by Crippen LogP contribution is -2.37. The number of primary amides is 2. The Morgan fingerprint density at radius 2 is 1.35 bits per heavy atom. The minimum absolute atomic E-state index is 0.168. The summed E-state index contributed by atoms with van der Waals surface area (Å²) in [6, 6.07) is 10.0. The largest absolute Gasteiger partial charge is 0.495 e. The highest BCUT2D eigenvalue weighted by atomic mass is 19.2. The molecular weight excluding hydrogens is 851 g/mol. The third kappa shape index (κ3) is 8.16. The molecule has 344 valence electrons. The van der Waals surface area contributed by atoms with Gasteiger partial charge in [0.15, 0.2) is 24.0 Å². The van der Waals surface area contributed by atoms with Crippen LogP contribution in [0, 0.1) is 13.8 Å². The Labute approximate surface area is 378 Å². The molecule has 17 nitrogen and oxygen atoms in total. The van der Waals surface area contributed by atoms with Crippen molar-refractivity contribution in [1.82, 2.24) is 48.3 Å². The predicted octanol–water partition coefficient (Wildman–Crippen LogP) is 6.15. The van der Waals surface area contributed by atoms with Gasteiger partial charge < -0.3 is 39.4 Å². The van der Waals surface area contributed by atoms with Crippen LogP contribution in [0.5, 0.6) is 11.5 Å². The average molecular weight is 903 g/mol. The number of methoxy groups -OCH3 is 1. The van der Waals surface area contributed by atoms with Crippen LogP contribution in [0.1, 0.15) is 52.2 Å². The van der Waals surface area contributed by atoms with Crippen LogP contribution in [0.4, 0.5) is 8.78 Å². The van der Waals surface area contributed by atoms with Gasteiger partial charge in [-0.25, -0.2) is 28.7 Å². The molecule has 0 bridgehead atoms. The fourth-order valence-electron chi connectivity index (χ4n) is 9.03. The van der Waals surface area contributed by atoms with Crippen molar-refractivity contribution >= 4 is 55.7 Å². The Morgan fingerprint density at radius 1 is 0.773 bits per heavy atom. The maximum absolute atomic E-state index is 17.3. The summed E-state index contributed by atoms with van der Waals surface area (Å²) in [7, 11) is 1.43. The van der Waals surface area contributed by atoms with E-state index in [1.54, 1.807) is 38.3 Å². The van der Waals surface area contributed by atoms with Gasteiger partial charge in [0, 0.05) is 84.0 Å². The van der Waals surface area contributed by atoms with E-state index in [0.29, 0.717) is 93.9 Å². The first-order valence-electron chi connectivity index (χ1n) is 22.1. The van der Waals surface area contributed by atoms with Crippen LogP contribution in [-0.2, 0) is 30.9 Å². The minimum atomic E-state index is -2.14. The molecule has 19 heteroatoms. The number of hydrogen-bond acceptors (Lipinski definition) is 11. The molecule has 66 heavy (non-hydrogen) atoms. The lowest BCUT2D eigenvalue weighted by Gasteiger charge is -2.26. The number of nitrogens with two attached hydrogens (primary N) is 2. The number of nitrogens with zero attached hydrogens (tertiary/aromatic N) is 10. The molecule has 1 saturated heterocycles. The molecule has 2 amide bonds. The van der Waals surface area contributed by atoms with Crippen LogP contribution in [0.25, 0.3) is 66.9 Å². The molecule has 4 N–H and O–H groups in total. The maximum Gasteiger partial charge on any atom is 0.248 e. The van der Waals surface area contributed by atoms with Crippen LogP contribution in [0.3, 0.4) is 0 Å². The number of ether oxygens (including phenoxy) is 3. The van der Waals surface area contributed by atoms with Gasteiger partial charge in [-0.3, -0.25) is 19.2 Å². The summed E-state index contributed by atoms with van der Waals surface area (Å²) in [6.07, 6.45) is 1.61. The SMILES string of the molecule is CCn1cc(C)cc1-c1ncc2c3cc(C(N)=O)cc(OC)c3n(CC(F)C(F)Cn3c4nc(-c5cc(C)nn5CC)ncc4c4cc(C(N)=O)cc(OCCCN5CCOCC5)c43)c2n1. The van der Waals surface area contributed by atoms with Gasteiger partial charge >= 0.3 is 0 Å². The molecule has 1 aliphatic rings. The molecule has 0 aliphatic carbocycles. The highest BCUT2D eigenvalue weighted by molar-refractivity contribution is 6.13. The highest BCUT2D eigenvalue weighted by Gasteiger charge is 2.30. The summed E-state index contributed by atoms with van der Waals surface area (Å²) in [5.41, 5.74) is 16.5. The second-order valence-electron chi connectivity index (χ2n) is 16.6. The Kier molecular flexibility index (Phi) is 12.1. The van der Waals surface area contributed by atoms with Gasteiger partial charge in [-0.2, -0.15) is 5.10 Å². The van der Waals surface area contributed by atoms with Gasteiger partial charge in [0.25, 0.3) is 0 Å². The molecule has 7 heterocycles. The van der Waals surface area contributed by atoms with Gasteiger partial charge in [0.1, 0.15) is 28.5 Å². The second-order valence-corrected chi connectivity index (χ2v) is 16.6. The van der Waals surface area contributed by atoms with E-state index in [2.05, 4.69) is 10.00 Å². The standard InChI is InChI=1S/C47H52F2N12O5/c1-6-58-23-26(3)15-36(58)44-52-21-32-30-17-28(42(50)62)19-38(64-5)40(30)59(46(32)54-44)24-34(48)35(49)25-60-41-31(33-22-53-45(55-47(33)60)37-16-27(4)56-61(37)7-2)18-29(43(51)63)20-39(41)66-12-8-9-57-10-13-65-14-11-57/h15-23,34-35H,6-14,24-25H2,1-5H3,(H2,50,62)(H2,51,63). The quantitative estimate of drug-likeness (QED) is 0.0993. The zero-order valence-electron chi connectivity index (χ0n) is 37.6. The van der Waals surface area contributed by atoms with Crippen molar-refractivity contribution in [1.29, 1.82) is 0 Å². The van der Waals surface area contributed by atoms with Crippen LogP contribution >= 0.6 is 0 Å². The minimum Gasteiger partial charge on any atom is -0.495 e. The molecule has 8 aromatic rings. The number of morpholine rings is 1. The molecule has 6 aromatic heterocycles. The van der Waals surface area contributed by atoms with E-state index >= 15 is 8.78 Å². The normalized spacial score (nSPS) is 14.5. The summed E-state index contributed by atoms with van der Waals surface area (Å²) in [6.45, 7) is 12.0. The van der Waals surface area contributed by atoms with E-state index in [1.807, 2.05) is 50.6 Å². The number of alkyl halides is 2. The van der Waals surface area contributed by atoms with Gasteiger partial charge in [0.2, 0.25) is 11.8 Å². The van der Waals surface area contributed by atoms with Crippen molar-refractivity contribution in [3.63, 3.8) is 0 Å². The van der Waals surface area contributed by atoms with Crippen molar-refractivity contribution in [3.05, 3.63) is 77.4 Å². The molecule has 2 aromatic carbocycles. The van der Waals surface area contributed by atoms with E-state index in [-0.39, 0.29) is 29.2 Å². The lowest BCUT2D eigenvalue weighted by atomic mass is 10.1. The molecule has 2 atom stereocenters. The lowest BCUT2D eigenvalue weighted by molar-refractivity contribution is 0.0358. The first-order valence-corrected chi connectivity index (χ1v) is 22.1. The Hall–Kier alpha value is -6.99. The third-order valence-electron chi connectivity index (χ3n) is 12.2. The molecule has 1 fully saturated rings. The summed E-state index contributed by atoms with van der Waals surface area (Å²) in [5, 5.41) is 6.55. The number of aryl methyl sites for hydroxylation is 4. The highest BCUT2D eigenvalue weighted by Crippen LogP contribution is 2.39. The fraction of sp³-hybridized carbons (Fsp3) is 0.383. The molecule has 0 spiro atoms. The average Bonchev–Trinajstić information content (AvgIpc) is 4.07. The van der Waals surface area contributed by atoms with Crippen LogP contribution < -0.4 is 20.9 Å². The number of hydrogen-bond donors (Lipinski definition) is 2. The van der Waals surface area contributed by atoms with Gasteiger partial charge in [0.05, 0.1) is 62.4 Å². The van der Waals surface area contributed by atoms with Crippen molar-refractivity contribution in [2.75, 3.05) is 46.6 Å². The first kappa shape index (κ1) is 44.2. The van der Waals surface area contributed by atoms with Gasteiger partial charge in [-0.05, 0) is 76.1 Å². The van der Waals surface area contributed by atoms with E-state index in [4.69, 9.17) is 45.6 Å². The number of fused-ring (bicyclic) bond motifs is 6. The van der Waals surface area contributed by atoms with Crippen molar-refractivity contribution < 1.29 is 32.6 Å². The number of halogens is 2. The van der Waals surface area contributed by atoms with Crippen molar-refractivity contribution in [2.45, 2.75) is 72.6 Å². The number of carbonyl (C=O) groups is 2. The number of rotatable bonds is 17. The third-order valence-corrected chi connectivity index (χ3v) is 12.2. The second kappa shape index (κ2) is 18.1. The molecule has 0 saturated carbocycles. The van der Waals surface area contributed by atoms with Gasteiger partial charge in [-0.15, -0.1) is 0 Å². The van der Waals surface area contributed by atoms with Crippen molar-refractivity contribution in [2.24, 2.45) is 11.5 Å². The van der Waals surface area contributed by atoms with E-state index in [9.17, 15) is 9.59 Å². The Balaban J connectivity index is 1.15.